The Kier molecular flexibility index (Phi) is 5.11. The third-order valence-electron chi connectivity index (χ3n) is 3.67. The van der Waals surface area contributed by atoms with Crippen molar-refractivity contribution in [2.24, 2.45) is 0 Å². The van der Waals surface area contributed by atoms with Gasteiger partial charge in [0.15, 0.2) is 5.16 Å². The minimum absolute atomic E-state index is 0.00120. The van der Waals surface area contributed by atoms with Gasteiger partial charge >= 0.3 is 6.18 Å². The monoisotopic (exact) mass is 365 g/mol. The van der Waals surface area contributed by atoms with Gasteiger partial charge in [0.1, 0.15) is 5.69 Å². The van der Waals surface area contributed by atoms with Gasteiger partial charge in [-0.25, -0.2) is 9.97 Å². The maximum absolute atomic E-state index is 12.8. The molecule has 0 amide bonds. The van der Waals surface area contributed by atoms with Crippen LogP contribution in [0.1, 0.15) is 11.3 Å². The van der Waals surface area contributed by atoms with Crippen LogP contribution in [0.3, 0.4) is 0 Å². The highest BCUT2D eigenvalue weighted by atomic mass is 32.2. The molecule has 0 atom stereocenters. The van der Waals surface area contributed by atoms with E-state index in [-0.39, 0.29) is 5.16 Å². The highest BCUT2D eigenvalue weighted by Crippen LogP contribution is 2.36. The van der Waals surface area contributed by atoms with E-state index >= 15 is 0 Å². The van der Waals surface area contributed by atoms with Crippen molar-refractivity contribution < 1.29 is 13.2 Å². The molecular weight excluding hydrogens is 351 g/mol. The van der Waals surface area contributed by atoms with Crippen LogP contribution in [0.15, 0.2) is 40.5 Å². The number of nitrogens with zero attached hydrogens (tertiary/aromatic N) is 4. The van der Waals surface area contributed by atoms with Gasteiger partial charge < -0.3 is 10.2 Å². The number of rotatable bonds is 3. The summed E-state index contributed by atoms with van der Waals surface area (Å²) in [5.41, 5.74) is 0.324. The second-order valence-electron chi connectivity index (χ2n) is 5.36. The van der Waals surface area contributed by atoms with Gasteiger partial charge in [0.25, 0.3) is 0 Å². The van der Waals surface area contributed by atoms with Crippen LogP contribution in [0.25, 0.3) is 0 Å². The predicted octanol–water partition coefficient (Wildman–Crippen LogP) is 2.93. The van der Waals surface area contributed by atoms with Crippen molar-refractivity contribution in [1.29, 1.82) is 5.26 Å². The van der Waals surface area contributed by atoms with Gasteiger partial charge in [0.2, 0.25) is 0 Å². The smallest absolute Gasteiger partial charge is 0.368 e. The molecule has 2 aromatic rings. The molecule has 9 heteroatoms. The first-order chi connectivity index (χ1) is 12.0. The summed E-state index contributed by atoms with van der Waals surface area (Å²) in [4.78, 5) is 10.3. The first kappa shape index (κ1) is 17.5. The topological polar surface area (TPSA) is 64.8 Å². The van der Waals surface area contributed by atoms with Crippen LogP contribution in [-0.2, 0) is 6.18 Å². The lowest BCUT2D eigenvalue weighted by molar-refractivity contribution is -0.141. The molecule has 5 nitrogen and oxygen atoms in total. The largest absolute Gasteiger partial charge is 0.433 e. The molecule has 0 radical (unpaired) electrons. The molecule has 1 aromatic carbocycles. The number of halogens is 3. The molecular formula is C16H14F3N5S. The Balaban J connectivity index is 1.94. The Hall–Kier alpha value is -2.31. The number of nitrogens with one attached hydrogen (secondary N) is 1. The number of anilines is 1. The van der Waals surface area contributed by atoms with Crippen LogP contribution in [-0.4, -0.2) is 36.1 Å². The average molecular weight is 365 g/mol. The van der Waals surface area contributed by atoms with E-state index in [2.05, 4.69) is 26.3 Å². The molecule has 0 saturated carbocycles. The fraction of sp³-hybridized carbons (Fsp3) is 0.312. The maximum Gasteiger partial charge on any atom is 0.433 e. The van der Waals surface area contributed by atoms with E-state index in [0.717, 1.165) is 55.9 Å². The predicted molar refractivity (Wildman–Crippen MR) is 87.4 cm³/mol. The molecule has 1 aliphatic heterocycles. The number of nitriles is 1. The molecule has 1 aromatic heterocycles. The second kappa shape index (κ2) is 7.29. The molecule has 1 N–H and O–H groups in total. The molecule has 1 saturated heterocycles. The van der Waals surface area contributed by atoms with Crippen molar-refractivity contribution in [3.8, 4) is 6.07 Å². The van der Waals surface area contributed by atoms with Gasteiger partial charge in [-0.05, 0) is 36.0 Å². The van der Waals surface area contributed by atoms with Gasteiger partial charge in [-0.3, -0.25) is 0 Å². The molecule has 130 valence electrons. The van der Waals surface area contributed by atoms with Crippen molar-refractivity contribution >= 4 is 17.4 Å². The first-order valence-electron chi connectivity index (χ1n) is 7.55. The van der Waals surface area contributed by atoms with E-state index in [1.54, 1.807) is 12.1 Å². The van der Waals surface area contributed by atoms with Crippen LogP contribution in [0, 0.1) is 11.3 Å². The van der Waals surface area contributed by atoms with Gasteiger partial charge in [0, 0.05) is 37.3 Å². The Morgan fingerprint density at radius 3 is 2.64 bits per heavy atom. The second-order valence-corrected chi connectivity index (χ2v) is 6.36. The molecule has 1 aliphatic rings. The van der Waals surface area contributed by atoms with Crippen molar-refractivity contribution in [2.75, 3.05) is 31.1 Å². The molecule has 0 bridgehead atoms. The summed E-state index contributed by atoms with van der Waals surface area (Å²) in [5, 5.41) is 12.4. The lowest BCUT2D eigenvalue weighted by atomic mass is 10.2. The zero-order chi connectivity index (χ0) is 17.9. The third kappa shape index (κ3) is 4.21. The van der Waals surface area contributed by atoms with Crippen LogP contribution in [0.2, 0.25) is 0 Å². The van der Waals surface area contributed by atoms with E-state index in [1.807, 2.05) is 6.07 Å². The molecule has 0 aliphatic carbocycles. The Morgan fingerprint density at radius 1 is 1.20 bits per heavy atom. The zero-order valence-corrected chi connectivity index (χ0v) is 13.9. The summed E-state index contributed by atoms with van der Waals surface area (Å²) >= 11 is 1.03. The Labute approximate surface area is 146 Å². The van der Waals surface area contributed by atoms with Gasteiger partial charge in [-0.1, -0.05) is 0 Å². The number of alkyl halides is 3. The van der Waals surface area contributed by atoms with Crippen molar-refractivity contribution in [1.82, 2.24) is 15.3 Å². The standard InChI is InChI=1S/C16H14F3N5S/c17-16(18,19)14-3-4-22-15(23-14)25-13-9-11(10-20)1-2-12(13)24-7-5-21-6-8-24/h1-4,9,21H,5-8H2. The minimum Gasteiger partial charge on any atom is -0.368 e. The fourth-order valence-corrected chi connectivity index (χ4v) is 3.42. The third-order valence-corrected chi connectivity index (χ3v) is 4.60. The highest BCUT2D eigenvalue weighted by Gasteiger charge is 2.33. The van der Waals surface area contributed by atoms with E-state index < -0.39 is 11.9 Å². The number of aromatic nitrogens is 2. The number of hydrogen-bond acceptors (Lipinski definition) is 6. The number of benzene rings is 1. The van der Waals surface area contributed by atoms with Crippen molar-refractivity contribution in [3.05, 3.63) is 41.7 Å². The number of hydrogen-bond donors (Lipinski definition) is 1. The first-order valence-corrected chi connectivity index (χ1v) is 8.37. The summed E-state index contributed by atoms with van der Waals surface area (Å²) in [5.74, 6) is 0. The van der Waals surface area contributed by atoms with Gasteiger partial charge in [-0.15, -0.1) is 0 Å². The highest BCUT2D eigenvalue weighted by molar-refractivity contribution is 7.99. The molecule has 25 heavy (non-hydrogen) atoms. The van der Waals surface area contributed by atoms with E-state index in [4.69, 9.17) is 5.26 Å². The Morgan fingerprint density at radius 2 is 1.96 bits per heavy atom. The number of piperazine rings is 1. The minimum atomic E-state index is -4.52. The van der Waals surface area contributed by atoms with Crippen LogP contribution < -0.4 is 10.2 Å². The molecule has 1 fully saturated rings. The fourth-order valence-electron chi connectivity index (χ4n) is 2.48. The van der Waals surface area contributed by atoms with Gasteiger partial charge in [-0.2, -0.15) is 18.4 Å². The van der Waals surface area contributed by atoms with Crippen molar-refractivity contribution in [3.63, 3.8) is 0 Å². The summed E-state index contributed by atoms with van der Waals surface area (Å²) in [7, 11) is 0. The molecule has 3 rings (SSSR count). The lowest BCUT2D eigenvalue weighted by Gasteiger charge is -2.31. The molecule has 0 spiro atoms. The average Bonchev–Trinajstić information content (AvgIpc) is 2.62. The zero-order valence-electron chi connectivity index (χ0n) is 13.0. The SMILES string of the molecule is N#Cc1ccc(N2CCNCC2)c(Sc2nccc(C(F)(F)F)n2)c1. The maximum atomic E-state index is 12.8. The van der Waals surface area contributed by atoms with E-state index in [1.165, 1.54) is 0 Å². The Bertz CT molecular complexity index is 797. The quantitative estimate of drug-likeness (QED) is 0.844. The van der Waals surface area contributed by atoms with Crippen LogP contribution >= 0.6 is 11.8 Å². The normalized spacial score (nSPS) is 15.0. The lowest BCUT2D eigenvalue weighted by Crippen LogP contribution is -2.43. The van der Waals surface area contributed by atoms with E-state index in [9.17, 15) is 13.2 Å². The molecule has 0 unspecified atom stereocenters. The summed E-state index contributed by atoms with van der Waals surface area (Å²) in [6.45, 7) is 3.21. The van der Waals surface area contributed by atoms with Crippen LogP contribution in [0.4, 0.5) is 18.9 Å². The molecule has 2 heterocycles. The van der Waals surface area contributed by atoms with Gasteiger partial charge in [0.05, 0.1) is 17.3 Å². The van der Waals surface area contributed by atoms with Crippen LogP contribution in [0.5, 0.6) is 0 Å². The summed E-state index contributed by atoms with van der Waals surface area (Å²) in [6, 6.07) is 8.07. The summed E-state index contributed by atoms with van der Waals surface area (Å²) in [6.07, 6.45) is -3.43. The van der Waals surface area contributed by atoms with E-state index in [0.29, 0.717) is 10.5 Å². The van der Waals surface area contributed by atoms with Crippen molar-refractivity contribution in [2.45, 2.75) is 16.2 Å². The summed E-state index contributed by atoms with van der Waals surface area (Å²) < 4.78 is 38.5.